The first-order chi connectivity index (χ1) is 5.39. The number of hydrogen-bond acceptors (Lipinski definition) is 1. The zero-order valence-electron chi connectivity index (χ0n) is 7.55. The van der Waals surface area contributed by atoms with Crippen molar-refractivity contribution in [1.82, 2.24) is 4.90 Å². The van der Waals surface area contributed by atoms with Crippen LogP contribution in [0.3, 0.4) is 0 Å². The van der Waals surface area contributed by atoms with Crippen LogP contribution in [0, 0.1) is 0 Å². The summed E-state index contributed by atoms with van der Waals surface area (Å²) in [6, 6.07) is 0. The topological polar surface area (TPSA) is 3.24 Å². The van der Waals surface area contributed by atoms with E-state index < -0.39 is 0 Å². The lowest BCUT2D eigenvalue weighted by molar-refractivity contribution is 0.329. The van der Waals surface area contributed by atoms with Gasteiger partial charge in [-0.05, 0) is 39.3 Å². The fourth-order valence-electron chi connectivity index (χ4n) is 1.46. The van der Waals surface area contributed by atoms with Gasteiger partial charge in [0.1, 0.15) is 0 Å². The van der Waals surface area contributed by atoms with E-state index in [4.69, 9.17) is 0 Å². The summed E-state index contributed by atoms with van der Waals surface area (Å²) in [6.45, 7) is 2.52. The van der Waals surface area contributed by atoms with E-state index in [1.165, 1.54) is 45.2 Å². The van der Waals surface area contributed by atoms with Gasteiger partial charge in [-0.2, -0.15) is 0 Å². The molecule has 64 valence electrons. The van der Waals surface area contributed by atoms with Gasteiger partial charge in [0.05, 0.1) is 0 Å². The smallest absolute Gasteiger partial charge is 0.00128 e. The molecule has 0 fully saturated rings. The molecule has 0 unspecified atom stereocenters. The van der Waals surface area contributed by atoms with Crippen LogP contribution in [0.4, 0.5) is 0 Å². The third-order valence-electron chi connectivity index (χ3n) is 2.25. The van der Waals surface area contributed by atoms with Crippen molar-refractivity contribution in [2.75, 3.05) is 20.1 Å². The lowest BCUT2D eigenvalue weighted by Crippen LogP contribution is -2.20. The third kappa shape index (κ3) is 4.20. The van der Waals surface area contributed by atoms with Crippen molar-refractivity contribution in [3.8, 4) is 0 Å². The number of hydrogen-bond donors (Lipinski definition) is 0. The molecule has 1 aliphatic rings. The van der Waals surface area contributed by atoms with Gasteiger partial charge in [0, 0.05) is 6.54 Å². The minimum absolute atomic E-state index is 1.23. The van der Waals surface area contributed by atoms with Crippen molar-refractivity contribution in [2.45, 2.75) is 32.1 Å². The Bertz CT molecular complexity index is 118. The van der Waals surface area contributed by atoms with E-state index in [2.05, 4.69) is 24.1 Å². The van der Waals surface area contributed by atoms with Crippen LogP contribution in [-0.4, -0.2) is 25.0 Å². The van der Waals surface area contributed by atoms with Crippen molar-refractivity contribution in [3.05, 3.63) is 12.2 Å². The van der Waals surface area contributed by atoms with Gasteiger partial charge in [-0.15, -0.1) is 0 Å². The molecular formula is C10H19N. The molecule has 0 aliphatic carbocycles. The van der Waals surface area contributed by atoms with E-state index in [9.17, 15) is 0 Å². The molecule has 0 bridgehead atoms. The lowest BCUT2D eigenvalue weighted by atomic mass is 10.1. The fraction of sp³-hybridized carbons (Fsp3) is 0.800. The summed E-state index contributed by atoms with van der Waals surface area (Å²) in [5.41, 5.74) is 0. The van der Waals surface area contributed by atoms with Crippen LogP contribution in [0.5, 0.6) is 0 Å². The van der Waals surface area contributed by atoms with Crippen LogP contribution in [0.1, 0.15) is 32.1 Å². The second-order valence-electron chi connectivity index (χ2n) is 3.41. The van der Waals surface area contributed by atoms with Crippen molar-refractivity contribution in [2.24, 2.45) is 0 Å². The minimum atomic E-state index is 1.23. The Balaban J connectivity index is 2.24. The molecule has 0 amide bonds. The highest BCUT2D eigenvalue weighted by Gasteiger charge is 1.97. The van der Waals surface area contributed by atoms with Crippen molar-refractivity contribution in [1.29, 1.82) is 0 Å². The Morgan fingerprint density at radius 3 is 2.64 bits per heavy atom. The molecule has 1 nitrogen and oxygen atoms in total. The summed E-state index contributed by atoms with van der Waals surface area (Å²) < 4.78 is 0. The summed E-state index contributed by atoms with van der Waals surface area (Å²) in [5.74, 6) is 0. The highest BCUT2D eigenvalue weighted by molar-refractivity contribution is 4.82. The van der Waals surface area contributed by atoms with Crippen LogP contribution < -0.4 is 0 Å². The van der Waals surface area contributed by atoms with E-state index in [0.29, 0.717) is 0 Å². The quantitative estimate of drug-likeness (QED) is 0.483. The first-order valence-corrected chi connectivity index (χ1v) is 4.73. The number of allylic oxidation sites excluding steroid dienone is 1. The SMILES string of the molecule is CN1CC/C=C\CCCCC1. The minimum Gasteiger partial charge on any atom is -0.306 e. The summed E-state index contributed by atoms with van der Waals surface area (Å²) in [7, 11) is 2.22. The first-order valence-electron chi connectivity index (χ1n) is 4.73. The van der Waals surface area contributed by atoms with Crippen molar-refractivity contribution in [3.63, 3.8) is 0 Å². The van der Waals surface area contributed by atoms with Crippen LogP contribution in [0.25, 0.3) is 0 Å². The predicted octanol–water partition coefficient (Wildman–Crippen LogP) is 2.44. The molecule has 1 aliphatic heterocycles. The maximum atomic E-state index is 2.43. The molecule has 0 radical (unpaired) electrons. The molecule has 0 spiro atoms. The Kier molecular flexibility index (Phi) is 4.29. The van der Waals surface area contributed by atoms with Crippen molar-refractivity contribution < 1.29 is 0 Å². The molecular weight excluding hydrogens is 134 g/mol. The molecule has 1 heteroatoms. The summed E-state index contributed by atoms with van der Waals surface area (Å²) >= 11 is 0. The molecule has 11 heavy (non-hydrogen) atoms. The largest absolute Gasteiger partial charge is 0.306 e. The fourth-order valence-corrected chi connectivity index (χ4v) is 1.46. The zero-order valence-corrected chi connectivity index (χ0v) is 7.55. The third-order valence-corrected chi connectivity index (χ3v) is 2.25. The molecule has 0 saturated carbocycles. The molecule has 0 saturated heterocycles. The van der Waals surface area contributed by atoms with Gasteiger partial charge in [-0.25, -0.2) is 0 Å². The number of nitrogens with zero attached hydrogens (tertiary/aromatic N) is 1. The average Bonchev–Trinajstić information content (AvgIpc) is 2.03. The summed E-state index contributed by atoms with van der Waals surface area (Å²) in [5, 5.41) is 0. The van der Waals surface area contributed by atoms with E-state index in [-0.39, 0.29) is 0 Å². The molecule has 1 rings (SSSR count). The molecule has 0 aromatic heterocycles. The van der Waals surface area contributed by atoms with E-state index in [1.807, 2.05) is 0 Å². The maximum Gasteiger partial charge on any atom is 0.00128 e. The standard InChI is InChI=1S/C10H19N/c1-11-9-7-5-3-2-4-6-8-10-11/h3,5H,2,4,6-10H2,1H3/b5-3-. The first kappa shape index (κ1) is 8.79. The van der Waals surface area contributed by atoms with Crippen LogP contribution in [0.15, 0.2) is 12.2 Å². The van der Waals surface area contributed by atoms with Gasteiger partial charge in [-0.3, -0.25) is 0 Å². The van der Waals surface area contributed by atoms with E-state index in [1.54, 1.807) is 0 Å². The van der Waals surface area contributed by atoms with Gasteiger partial charge in [0.2, 0.25) is 0 Å². The summed E-state index contributed by atoms with van der Waals surface area (Å²) in [6.07, 6.45) is 11.3. The van der Waals surface area contributed by atoms with Crippen LogP contribution in [0.2, 0.25) is 0 Å². The molecule has 0 atom stereocenters. The molecule has 0 aromatic carbocycles. The summed E-state index contributed by atoms with van der Waals surface area (Å²) in [4.78, 5) is 2.43. The van der Waals surface area contributed by atoms with Gasteiger partial charge in [0.25, 0.3) is 0 Å². The Morgan fingerprint density at radius 1 is 0.909 bits per heavy atom. The second-order valence-corrected chi connectivity index (χ2v) is 3.41. The Labute approximate surface area is 70.1 Å². The van der Waals surface area contributed by atoms with Gasteiger partial charge in [-0.1, -0.05) is 18.6 Å². The zero-order chi connectivity index (χ0) is 7.94. The van der Waals surface area contributed by atoms with Crippen LogP contribution >= 0.6 is 0 Å². The van der Waals surface area contributed by atoms with E-state index in [0.717, 1.165) is 0 Å². The lowest BCUT2D eigenvalue weighted by Gasteiger charge is -2.15. The highest BCUT2D eigenvalue weighted by atomic mass is 15.1. The Morgan fingerprint density at radius 2 is 1.73 bits per heavy atom. The normalized spacial score (nSPS) is 26.3. The highest BCUT2D eigenvalue weighted by Crippen LogP contribution is 2.04. The van der Waals surface area contributed by atoms with E-state index >= 15 is 0 Å². The second kappa shape index (κ2) is 5.36. The molecule has 1 heterocycles. The number of rotatable bonds is 0. The monoisotopic (exact) mass is 153 g/mol. The van der Waals surface area contributed by atoms with Gasteiger partial charge < -0.3 is 4.90 Å². The molecule has 0 N–H and O–H groups in total. The van der Waals surface area contributed by atoms with Gasteiger partial charge >= 0.3 is 0 Å². The average molecular weight is 153 g/mol. The maximum absolute atomic E-state index is 2.43. The van der Waals surface area contributed by atoms with Crippen molar-refractivity contribution >= 4 is 0 Å². The molecule has 0 aromatic rings. The Hall–Kier alpha value is -0.300. The van der Waals surface area contributed by atoms with Gasteiger partial charge in [0.15, 0.2) is 0 Å². The predicted molar refractivity (Wildman–Crippen MR) is 49.7 cm³/mol. The van der Waals surface area contributed by atoms with Crippen LogP contribution in [-0.2, 0) is 0 Å².